The Morgan fingerprint density at radius 2 is 1.81 bits per heavy atom. The van der Waals surface area contributed by atoms with Crippen molar-refractivity contribution in [3.8, 4) is 0 Å². The third-order valence-electron chi connectivity index (χ3n) is 4.97. The molecule has 4 rings (SSSR count). The van der Waals surface area contributed by atoms with Gasteiger partial charge >= 0.3 is 5.69 Å². The molecule has 0 bridgehead atoms. The maximum absolute atomic E-state index is 12.7. The van der Waals surface area contributed by atoms with Gasteiger partial charge < -0.3 is 14.8 Å². The van der Waals surface area contributed by atoms with Crippen molar-refractivity contribution < 1.29 is 4.79 Å². The summed E-state index contributed by atoms with van der Waals surface area (Å²) in [6, 6.07) is 15.9. The molecule has 0 atom stereocenters. The van der Waals surface area contributed by atoms with E-state index >= 15 is 0 Å². The second kappa shape index (κ2) is 6.71. The Morgan fingerprint density at radius 1 is 1.04 bits per heavy atom. The van der Waals surface area contributed by atoms with E-state index in [0.717, 1.165) is 24.1 Å². The molecule has 1 aliphatic rings. The summed E-state index contributed by atoms with van der Waals surface area (Å²) in [7, 11) is 0. The van der Waals surface area contributed by atoms with Gasteiger partial charge in [-0.3, -0.25) is 9.36 Å². The van der Waals surface area contributed by atoms with Crippen LogP contribution in [0.4, 0.5) is 5.69 Å². The van der Waals surface area contributed by atoms with E-state index in [4.69, 9.17) is 0 Å². The molecule has 6 heteroatoms. The summed E-state index contributed by atoms with van der Waals surface area (Å²) in [6.45, 7) is 5.11. The fourth-order valence-electron chi connectivity index (χ4n) is 3.54. The number of carbonyl (C=O) groups excluding carboxylic acids is 1. The topological polar surface area (TPSA) is 61.3 Å². The zero-order valence-electron chi connectivity index (χ0n) is 14.8. The highest BCUT2D eigenvalue weighted by Crippen LogP contribution is 2.18. The predicted molar refractivity (Wildman–Crippen MR) is 103 cm³/mol. The number of carbonyl (C=O) groups is 1. The molecule has 1 N–H and O–H groups in total. The summed E-state index contributed by atoms with van der Waals surface area (Å²) in [5.41, 5.74) is 3.72. The van der Waals surface area contributed by atoms with Crippen molar-refractivity contribution in [2.24, 2.45) is 0 Å². The molecule has 1 aliphatic heterocycles. The molecule has 0 saturated carbocycles. The van der Waals surface area contributed by atoms with Crippen molar-refractivity contribution in [3.63, 3.8) is 0 Å². The Morgan fingerprint density at radius 3 is 2.58 bits per heavy atom. The first-order chi connectivity index (χ1) is 12.6. The van der Waals surface area contributed by atoms with Crippen molar-refractivity contribution >= 4 is 22.6 Å². The molecular weight excluding hydrogens is 328 g/mol. The van der Waals surface area contributed by atoms with Gasteiger partial charge in [-0.15, -0.1) is 0 Å². The van der Waals surface area contributed by atoms with Gasteiger partial charge in [0.1, 0.15) is 6.54 Å². The van der Waals surface area contributed by atoms with E-state index in [-0.39, 0.29) is 18.1 Å². The molecule has 0 radical (unpaired) electrons. The number of aryl methyl sites for hydroxylation is 1. The number of fused-ring (bicyclic) bond motifs is 1. The molecule has 1 amide bonds. The number of hydrogen-bond donors (Lipinski definition) is 1. The molecule has 2 aromatic carbocycles. The van der Waals surface area contributed by atoms with Crippen LogP contribution in [-0.2, 0) is 11.3 Å². The van der Waals surface area contributed by atoms with E-state index in [1.165, 1.54) is 15.8 Å². The van der Waals surface area contributed by atoms with Gasteiger partial charge in [-0.2, -0.15) is 0 Å². The van der Waals surface area contributed by atoms with E-state index in [0.29, 0.717) is 13.1 Å². The highest BCUT2D eigenvalue weighted by molar-refractivity contribution is 5.80. The van der Waals surface area contributed by atoms with Crippen LogP contribution in [-0.4, -0.2) is 46.5 Å². The lowest BCUT2D eigenvalue weighted by Crippen LogP contribution is -2.50. The Hall–Kier alpha value is -3.02. The van der Waals surface area contributed by atoms with Gasteiger partial charge in [0.25, 0.3) is 0 Å². The molecule has 1 saturated heterocycles. The Balaban J connectivity index is 1.44. The van der Waals surface area contributed by atoms with Crippen LogP contribution in [0.3, 0.4) is 0 Å². The zero-order chi connectivity index (χ0) is 18.1. The van der Waals surface area contributed by atoms with Gasteiger partial charge in [-0.25, -0.2) is 4.79 Å². The maximum Gasteiger partial charge on any atom is 0.326 e. The molecule has 0 aliphatic carbocycles. The molecule has 0 spiro atoms. The Bertz CT molecular complexity index is 996. The van der Waals surface area contributed by atoms with E-state index in [2.05, 4.69) is 41.1 Å². The van der Waals surface area contributed by atoms with Crippen LogP contribution in [0.5, 0.6) is 0 Å². The zero-order valence-corrected chi connectivity index (χ0v) is 14.8. The van der Waals surface area contributed by atoms with Crippen molar-refractivity contribution in [3.05, 3.63) is 64.6 Å². The van der Waals surface area contributed by atoms with Gasteiger partial charge in [0.2, 0.25) is 5.91 Å². The van der Waals surface area contributed by atoms with Crippen molar-refractivity contribution in [2.75, 3.05) is 31.1 Å². The number of nitrogens with one attached hydrogen (secondary N) is 1. The Kier molecular flexibility index (Phi) is 4.24. The third kappa shape index (κ3) is 3.10. The van der Waals surface area contributed by atoms with E-state index in [1.807, 2.05) is 29.2 Å². The molecule has 1 aromatic heterocycles. The molecule has 2 heterocycles. The number of piperazine rings is 1. The fourth-order valence-corrected chi connectivity index (χ4v) is 3.54. The number of nitrogens with zero attached hydrogens (tertiary/aromatic N) is 3. The third-order valence-corrected chi connectivity index (χ3v) is 4.97. The van der Waals surface area contributed by atoms with Crippen LogP contribution in [0.25, 0.3) is 11.0 Å². The van der Waals surface area contributed by atoms with Crippen LogP contribution < -0.4 is 10.6 Å². The first-order valence-electron chi connectivity index (χ1n) is 8.89. The lowest BCUT2D eigenvalue weighted by molar-refractivity contribution is -0.132. The summed E-state index contributed by atoms with van der Waals surface area (Å²) in [5, 5.41) is 0. The number of H-pyrrole nitrogens is 1. The van der Waals surface area contributed by atoms with E-state index < -0.39 is 0 Å². The van der Waals surface area contributed by atoms with Crippen LogP contribution in [0, 0.1) is 6.92 Å². The number of anilines is 1. The standard InChI is InChI=1S/C20H22N4O2/c1-15-5-4-6-16(13-15)22-9-11-23(12-10-22)19(25)14-24-18-8-3-2-7-17(18)21-20(24)26/h2-8,13H,9-12,14H2,1H3,(H,21,26). The number of hydrogen-bond acceptors (Lipinski definition) is 3. The van der Waals surface area contributed by atoms with Gasteiger partial charge in [-0.05, 0) is 36.8 Å². The molecule has 1 fully saturated rings. The van der Waals surface area contributed by atoms with Crippen LogP contribution >= 0.6 is 0 Å². The van der Waals surface area contributed by atoms with Gasteiger partial charge in [0.05, 0.1) is 11.0 Å². The smallest absolute Gasteiger partial charge is 0.326 e. The predicted octanol–water partition coefficient (Wildman–Crippen LogP) is 1.99. The molecular formula is C20H22N4O2. The fraction of sp³-hybridized carbons (Fsp3) is 0.300. The first-order valence-corrected chi connectivity index (χ1v) is 8.89. The summed E-state index contributed by atoms with van der Waals surface area (Å²) < 4.78 is 1.52. The molecule has 0 unspecified atom stereocenters. The average molecular weight is 350 g/mol. The maximum atomic E-state index is 12.7. The Labute approximate surface area is 151 Å². The van der Waals surface area contributed by atoms with E-state index in [1.54, 1.807) is 0 Å². The number of benzene rings is 2. The highest BCUT2D eigenvalue weighted by Gasteiger charge is 2.22. The van der Waals surface area contributed by atoms with Crippen molar-refractivity contribution in [1.29, 1.82) is 0 Å². The molecule has 3 aromatic rings. The largest absolute Gasteiger partial charge is 0.368 e. The highest BCUT2D eigenvalue weighted by atomic mass is 16.2. The number of rotatable bonds is 3. The second-order valence-electron chi connectivity index (χ2n) is 6.74. The molecule has 26 heavy (non-hydrogen) atoms. The summed E-state index contributed by atoms with van der Waals surface area (Å²) in [4.78, 5) is 31.8. The first kappa shape index (κ1) is 16.4. The minimum Gasteiger partial charge on any atom is -0.368 e. The number of imidazole rings is 1. The monoisotopic (exact) mass is 350 g/mol. The quantitative estimate of drug-likeness (QED) is 0.786. The molecule has 6 nitrogen and oxygen atoms in total. The van der Waals surface area contributed by atoms with Crippen LogP contribution in [0.2, 0.25) is 0 Å². The number of amides is 1. The minimum absolute atomic E-state index is 0.0132. The normalized spacial score (nSPS) is 14.8. The van der Waals surface area contributed by atoms with Gasteiger partial charge in [-0.1, -0.05) is 24.3 Å². The number of aromatic nitrogens is 2. The average Bonchev–Trinajstić information content (AvgIpc) is 2.97. The number of para-hydroxylation sites is 2. The number of aromatic amines is 1. The van der Waals surface area contributed by atoms with Gasteiger partial charge in [0.15, 0.2) is 0 Å². The van der Waals surface area contributed by atoms with Crippen molar-refractivity contribution in [1.82, 2.24) is 14.5 Å². The summed E-state index contributed by atoms with van der Waals surface area (Å²) >= 11 is 0. The van der Waals surface area contributed by atoms with E-state index in [9.17, 15) is 9.59 Å². The minimum atomic E-state index is -0.238. The van der Waals surface area contributed by atoms with Gasteiger partial charge in [0, 0.05) is 31.9 Å². The second-order valence-corrected chi connectivity index (χ2v) is 6.74. The summed E-state index contributed by atoms with van der Waals surface area (Å²) in [5.74, 6) is -0.0132. The van der Waals surface area contributed by atoms with Crippen LogP contribution in [0.1, 0.15) is 5.56 Å². The lowest BCUT2D eigenvalue weighted by atomic mass is 10.2. The molecule has 134 valence electrons. The lowest BCUT2D eigenvalue weighted by Gasteiger charge is -2.36. The SMILES string of the molecule is Cc1cccc(N2CCN(C(=O)Cn3c(=O)[nH]c4ccccc43)CC2)c1. The van der Waals surface area contributed by atoms with Crippen LogP contribution in [0.15, 0.2) is 53.3 Å². The van der Waals surface area contributed by atoms with Crippen molar-refractivity contribution in [2.45, 2.75) is 13.5 Å². The summed E-state index contributed by atoms with van der Waals surface area (Å²) in [6.07, 6.45) is 0.